The van der Waals surface area contributed by atoms with Crippen LogP contribution in [0.25, 0.3) is 10.2 Å². The van der Waals surface area contributed by atoms with E-state index < -0.39 is 0 Å². The molecule has 1 aromatic carbocycles. The van der Waals surface area contributed by atoms with Crippen LogP contribution in [0.5, 0.6) is 5.75 Å². The molecular weight excluding hydrogens is 430 g/mol. The third-order valence-corrected chi connectivity index (χ3v) is 7.82. The van der Waals surface area contributed by atoms with E-state index in [2.05, 4.69) is 33.8 Å². The third-order valence-electron chi connectivity index (χ3n) is 5.61. The molecule has 3 aromatic rings. The summed E-state index contributed by atoms with van der Waals surface area (Å²) in [5.74, 6) is 7.83. The first-order valence-corrected chi connectivity index (χ1v) is 12.4. The minimum Gasteiger partial charge on any atom is -0.495 e. The molecule has 2 aromatic heterocycles. The molecule has 31 heavy (non-hydrogen) atoms. The zero-order valence-corrected chi connectivity index (χ0v) is 19.7. The van der Waals surface area contributed by atoms with Crippen molar-refractivity contribution >= 4 is 39.0 Å². The van der Waals surface area contributed by atoms with Gasteiger partial charge in [0.05, 0.1) is 18.2 Å². The molecule has 1 aliphatic heterocycles. The number of fused-ring (bicyclic) bond motifs is 1. The Hall–Kier alpha value is -2.23. The minimum atomic E-state index is -0.157. The number of methoxy groups -OCH3 is 1. The highest BCUT2D eigenvalue weighted by Gasteiger charge is 2.19. The Kier molecular flexibility index (Phi) is 7.04. The number of aryl methyl sites for hydroxylation is 1. The van der Waals surface area contributed by atoms with Gasteiger partial charge in [-0.05, 0) is 37.6 Å². The lowest BCUT2D eigenvalue weighted by Crippen LogP contribution is -2.46. The number of thiophene rings is 1. The van der Waals surface area contributed by atoms with Crippen molar-refractivity contribution in [1.29, 1.82) is 0 Å². The Morgan fingerprint density at radius 1 is 1.23 bits per heavy atom. The predicted octanol–water partition coefficient (Wildman–Crippen LogP) is 3.05. The van der Waals surface area contributed by atoms with Crippen molar-refractivity contribution in [2.45, 2.75) is 24.9 Å². The van der Waals surface area contributed by atoms with E-state index in [0.717, 1.165) is 66.8 Å². The van der Waals surface area contributed by atoms with Crippen molar-refractivity contribution in [3.05, 3.63) is 45.6 Å². The molecule has 0 aliphatic carbocycles. The van der Waals surface area contributed by atoms with Crippen molar-refractivity contribution < 1.29 is 4.74 Å². The van der Waals surface area contributed by atoms with E-state index in [1.807, 2.05) is 18.2 Å². The van der Waals surface area contributed by atoms with Crippen LogP contribution in [0, 0.1) is 0 Å². The molecule has 166 valence electrons. The van der Waals surface area contributed by atoms with Crippen molar-refractivity contribution in [2.75, 3.05) is 56.3 Å². The van der Waals surface area contributed by atoms with Crippen molar-refractivity contribution in [3.63, 3.8) is 0 Å². The van der Waals surface area contributed by atoms with E-state index in [-0.39, 0.29) is 5.56 Å². The zero-order chi connectivity index (χ0) is 21.8. The second-order valence-electron chi connectivity index (χ2n) is 7.56. The van der Waals surface area contributed by atoms with Gasteiger partial charge in [-0.15, -0.1) is 11.3 Å². The lowest BCUT2D eigenvalue weighted by atomic mass is 10.2. The SMILES string of the molecule is CCc1cc2c(=O)n(N)c(SCCCN3CCN(c4ccccc4OC)CC3)nc2s1. The Labute approximate surface area is 190 Å². The molecule has 9 heteroatoms. The normalized spacial score (nSPS) is 15.0. The highest BCUT2D eigenvalue weighted by molar-refractivity contribution is 7.99. The molecule has 0 saturated carbocycles. The van der Waals surface area contributed by atoms with E-state index in [1.165, 1.54) is 10.4 Å². The van der Waals surface area contributed by atoms with Crippen LogP contribution < -0.4 is 21.0 Å². The van der Waals surface area contributed by atoms with Crippen LogP contribution in [-0.2, 0) is 6.42 Å². The van der Waals surface area contributed by atoms with Gasteiger partial charge in [0, 0.05) is 36.8 Å². The molecule has 0 bridgehead atoms. The fourth-order valence-corrected chi connectivity index (χ4v) is 5.71. The fraction of sp³-hybridized carbons (Fsp3) is 0.455. The summed E-state index contributed by atoms with van der Waals surface area (Å²) >= 11 is 3.15. The first kappa shape index (κ1) is 22.0. The molecule has 0 unspecified atom stereocenters. The van der Waals surface area contributed by atoms with Gasteiger partial charge in [0.15, 0.2) is 5.16 Å². The molecular formula is C22H29N5O2S2. The Balaban J connectivity index is 1.27. The van der Waals surface area contributed by atoms with Crippen LogP contribution in [0.15, 0.2) is 40.3 Å². The molecule has 7 nitrogen and oxygen atoms in total. The van der Waals surface area contributed by atoms with Crippen molar-refractivity contribution in [2.24, 2.45) is 0 Å². The number of ether oxygens (including phenoxy) is 1. The average molecular weight is 460 g/mol. The number of para-hydroxylation sites is 2. The van der Waals surface area contributed by atoms with Gasteiger partial charge in [0.2, 0.25) is 0 Å². The van der Waals surface area contributed by atoms with Crippen LogP contribution in [-0.4, -0.2) is 60.1 Å². The first-order chi connectivity index (χ1) is 15.1. The second kappa shape index (κ2) is 9.93. The number of thioether (sulfide) groups is 1. The van der Waals surface area contributed by atoms with Gasteiger partial charge in [-0.2, -0.15) is 0 Å². The lowest BCUT2D eigenvalue weighted by molar-refractivity contribution is 0.258. The Morgan fingerprint density at radius 2 is 2.00 bits per heavy atom. The standard InChI is InChI=1S/C22H29N5O2S2/c1-3-16-15-17-20(31-16)24-22(27(23)21(17)28)30-14-6-9-25-10-12-26(13-11-25)18-7-4-5-8-19(18)29-2/h4-5,7-8,15H,3,6,9-14,23H2,1-2H3. The summed E-state index contributed by atoms with van der Waals surface area (Å²) in [4.78, 5) is 24.0. The summed E-state index contributed by atoms with van der Waals surface area (Å²) < 4.78 is 6.70. The van der Waals surface area contributed by atoms with Gasteiger partial charge in [0.25, 0.3) is 5.56 Å². The molecule has 1 fully saturated rings. The topological polar surface area (TPSA) is 76.6 Å². The van der Waals surface area contributed by atoms with Gasteiger partial charge in [-0.1, -0.05) is 30.8 Å². The number of nitrogens with two attached hydrogens (primary N) is 1. The van der Waals surface area contributed by atoms with Crippen molar-refractivity contribution in [1.82, 2.24) is 14.6 Å². The number of anilines is 1. The maximum absolute atomic E-state index is 12.5. The second-order valence-corrected chi connectivity index (χ2v) is 9.73. The third kappa shape index (κ3) is 4.83. The van der Waals surface area contributed by atoms with Crippen LogP contribution in [0.2, 0.25) is 0 Å². The summed E-state index contributed by atoms with van der Waals surface area (Å²) in [6.45, 7) is 7.16. The molecule has 1 aliphatic rings. The Bertz CT molecular complexity index is 1090. The highest BCUT2D eigenvalue weighted by atomic mass is 32.2. The van der Waals surface area contributed by atoms with Crippen LogP contribution in [0.1, 0.15) is 18.2 Å². The van der Waals surface area contributed by atoms with E-state index >= 15 is 0 Å². The van der Waals surface area contributed by atoms with E-state index in [9.17, 15) is 4.79 Å². The monoisotopic (exact) mass is 459 g/mol. The molecule has 1 saturated heterocycles. The number of benzene rings is 1. The summed E-state index contributed by atoms with van der Waals surface area (Å²) in [7, 11) is 1.72. The molecule has 0 atom stereocenters. The molecule has 0 radical (unpaired) electrons. The molecule has 0 amide bonds. The van der Waals surface area contributed by atoms with Crippen LogP contribution in [0.4, 0.5) is 5.69 Å². The van der Waals surface area contributed by atoms with E-state index in [4.69, 9.17) is 10.6 Å². The summed E-state index contributed by atoms with van der Waals surface area (Å²) in [5.41, 5.74) is 1.01. The largest absolute Gasteiger partial charge is 0.495 e. The zero-order valence-electron chi connectivity index (χ0n) is 18.0. The molecule has 0 spiro atoms. The smallest absolute Gasteiger partial charge is 0.281 e. The van der Waals surface area contributed by atoms with Gasteiger partial charge >= 0.3 is 0 Å². The molecule has 3 heterocycles. The van der Waals surface area contributed by atoms with Gasteiger partial charge < -0.3 is 15.5 Å². The first-order valence-electron chi connectivity index (χ1n) is 10.6. The van der Waals surface area contributed by atoms with Gasteiger partial charge in [-0.25, -0.2) is 9.66 Å². The predicted molar refractivity (Wildman–Crippen MR) is 130 cm³/mol. The Morgan fingerprint density at radius 3 is 2.74 bits per heavy atom. The highest BCUT2D eigenvalue weighted by Crippen LogP contribution is 2.28. The number of piperazine rings is 1. The maximum atomic E-state index is 12.5. The lowest BCUT2D eigenvalue weighted by Gasteiger charge is -2.36. The average Bonchev–Trinajstić information content (AvgIpc) is 3.23. The van der Waals surface area contributed by atoms with E-state index in [0.29, 0.717) is 10.5 Å². The molecule has 2 N–H and O–H groups in total. The number of rotatable bonds is 8. The summed E-state index contributed by atoms with van der Waals surface area (Å²) in [5, 5.41) is 1.23. The number of nitrogen functional groups attached to an aromatic ring is 1. The van der Waals surface area contributed by atoms with E-state index in [1.54, 1.807) is 30.2 Å². The summed E-state index contributed by atoms with van der Waals surface area (Å²) in [6, 6.07) is 10.1. The number of hydrogen-bond acceptors (Lipinski definition) is 8. The van der Waals surface area contributed by atoms with Crippen LogP contribution in [0.3, 0.4) is 0 Å². The number of aromatic nitrogens is 2. The summed E-state index contributed by atoms with van der Waals surface area (Å²) in [6.07, 6.45) is 1.93. The quantitative estimate of drug-likeness (QED) is 0.240. The minimum absolute atomic E-state index is 0.157. The number of nitrogens with zero attached hydrogens (tertiary/aromatic N) is 4. The van der Waals surface area contributed by atoms with Crippen LogP contribution >= 0.6 is 23.1 Å². The van der Waals surface area contributed by atoms with Gasteiger partial charge in [0.1, 0.15) is 10.6 Å². The fourth-order valence-electron chi connectivity index (χ4n) is 3.86. The maximum Gasteiger partial charge on any atom is 0.281 e. The molecule has 4 rings (SSSR count). The number of hydrogen-bond donors (Lipinski definition) is 1. The van der Waals surface area contributed by atoms with Gasteiger partial charge in [-0.3, -0.25) is 9.69 Å². The van der Waals surface area contributed by atoms with Crippen molar-refractivity contribution in [3.8, 4) is 5.75 Å².